The third-order valence-electron chi connectivity index (χ3n) is 3.96. The average Bonchev–Trinajstić information content (AvgIpc) is 2.67. The minimum Gasteiger partial charge on any atom is -0.286 e. The number of nitrogens with zero attached hydrogens (tertiary/aromatic N) is 2. The van der Waals surface area contributed by atoms with E-state index in [1.165, 1.54) is 4.90 Å². The Labute approximate surface area is 183 Å². The number of sulfone groups is 1. The van der Waals surface area contributed by atoms with Crippen LogP contribution in [0.4, 0.5) is 5.69 Å². The van der Waals surface area contributed by atoms with Crippen LogP contribution in [-0.4, -0.2) is 26.5 Å². The van der Waals surface area contributed by atoms with Crippen LogP contribution in [0.15, 0.2) is 59.1 Å². The lowest BCUT2D eigenvalue weighted by atomic mass is 10.2. The van der Waals surface area contributed by atoms with Gasteiger partial charge in [0.15, 0.2) is 9.84 Å². The molecule has 0 saturated heterocycles. The number of hydrogen-bond donors (Lipinski definition) is 0. The van der Waals surface area contributed by atoms with Crippen molar-refractivity contribution >= 4 is 56.1 Å². The van der Waals surface area contributed by atoms with Crippen LogP contribution in [0.3, 0.4) is 0 Å². The van der Waals surface area contributed by atoms with Gasteiger partial charge in [-0.3, -0.25) is 9.69 Å². The summed E-state index contributed by atoms with van der Waals surface area (Å²) in [6, 6.07) is 13.5. The number of rotatable bonds is 8. The van der Waals surface area contributed by atoms with Gasteiger partial charge in [-0.1, -0.05) is 23.8 Å². The first-order valence-electron chi connectivity index (χ1n) is 8.31. The number of halogens is 2. The summed E-state index contributed by atoms with van der Waals surface area (Å²) in [5.74, 6) is -0.0486. The molecule has 0 heterocycles. The third kappa shape index (κ3) is 5.56. The topological polar surface area (TPSA) is 78.2 Å². The molecule has 0 aromatic heterocycles. The zero-order valence-corrected chi connectivity index (χ0v) is 18.8. The predicted octanol–water partition coefficient (Wildman–Crippen LogP) is 4.42. The molecule has 0 fully saturated rings. The van der Waals surface area contributed by atoms with E-state index < -0.39 is 9.84 Å². The first-order chi connectivity index (χ1) is 13.3. The second-order valence-corrected chi connectivity index (χ2v) is 9.53. The Morgan fingerprint density at radius 2 is 1.93 bits per heavy atom. The maximum atomic E-state index is 12.9. The van der Waals surface area contributed by atoms with Crippen molar-refractivity contribution in [1.29, 1.82) is 5.26 Å². The van der Waals surface area contributed by atoms with Crippen LogP contribution in [0, 0.1) is 21.8 Å². The molecule has 8 heteroatoms. The summed E-state index contributed by atoms with van der Waals surface area (Å²) in [6.07, 6.45) is 2.65. The normalized spacial score (nSPS) is 11.7. The molecular weight excluding hydrogens is 511 g/mol. The molecule has 0 bridgehead atoms. The van der Waals surface area contributed by atoms with Gasteiger partial charge in [-0.15, -0.1) is 11.6 Å². The van der Waals surface area contributed by atoms with E-state index in [1.807, 2.05) is 35.6 Å². The van der Waals surface area contributed by atoms with Gasteiger partial charge >= 0.3 is 0 Å². The predicted molar refractivity (Wildman–Crippen MR) is 119 cm³/mol. The van der Waals surface area contributed by atoms with E-state index in [0.717, 1.165) is 5.56 Å². The van der Waals surface area contributed by atoms with Gasteiger partial charge in [0, 0.05) is 15.1 Å². The van der Waals surface area contributed by atoms with Gasteiger partial charge in [0.05, 0.1) is 28.0 Å². The summed E-state index contributed by atoms with van der Waals surface area (Å²) in [5, 5.41) is 9.03. The number of amides is 1. The standard InChI is InChI=1S/C20H18ClIN2O3S/c1-15-4-7-18(8-5-15)28(26,27)13-17(3-2-10-21)24(14-25)20-9-6-16(12-23)11-19(20)22/h3-9,11,14H,2,10,13H2,1H3/b17-3+. The highest BCUT2D eigenvalue weighted by atomic mass is 127. The molecule has 28 heavy (non-hydrogen) atoms. The molecular formula is C20H18ClIN2O3S. The van der Waals surface area contributed by atoms with Gasteiger partial charge in [0.2, 0.25) is 6.41 Å². The minimum absolute atomic E-state index is 0.190. The summed E-state index contributed by atoms with van der Waals surface area (Å²) in [5.41, 5.74) is 2.24. The monoisotopic (exact) mass is 528 g/mol. The highest BCUT2D eigenvalue weighted by Gasteiger charge is 2.22. The Kier molecular flexibility index (Phi) is 8.04. The van der Waals surface area contributed by atoms with E-state index in [0.29, 0.717) is 39.2 Å². The largest absolute Gasteiger partial charge is 0.286 e. The molecule has 0 aliphatic heterocycles. The van der Waals surface area contributed by atoms with Gasteiger partial charge < -0.3 is 0 Å². The fourth-order valence-corrected chi connectivity index (χ4v) is 4.77. The minimum atomic E-state index is -3.66. The SMILES string of the molecule is Cc1ccc(S(=O)(=O)C/C(=C\CCCl)N(C=O)c2ccc(C#N)cc2I)cc1. The van der Waals surface area contributed by atoms with Crippen molar-refractivity contribution in [2.75, 3.05) is 16.5 Å². The van der Waals surface area contributed by atoms with Gasteiger partial charge in [-0.05, 0) is 66.3 Å². The molecule has 0 unspecified atom stereocenters. The number of carbonyl (C=O) groups excluding carboxylic acids is 1. The van der Waals surface area contributed by atoms with E-state index in [1.54, 1.807) is 48.5 Å². The summed E-state index contributed by atoms with van der Waals surface area (Å²) in [4.78, 5) is 13.4. The molecule has 2 aromatic carbocycles. The van der Waals surface area contributed by atoms with Crippen LogP contribution in [0.5, 0.6) is 0 Å². The van der Waals surface area contributed by atoms with Crippen LogP contribution in [0.2, 0.25) is 0 Å². The van der Waals surface area contributed by atoms with Crippen LogP contribution < -0.4 is 4.90 Å². The molecule has 2 aromatic rings. The molecule has 5 nitrogen and oxygen atoms in total. The van der Waals surface area contributed by atoms with Crippen molar-refractivity contribution in [1.82, 2.24) is 0 Å². The molecule has 146 valence electrons. The number of benzene rings is 2. The highest BCUT2D eigenvalue weighted by molar-refractivity contribution is 14.1. The van der Waals surface area contributed by atoms with Crippen LogP contribution in [0.1, 0.15) is 17.5 Å². The smallest absolute Gasteiger partial charge is 0.218 e. The summed E-state index contributed by atoms with van der Waals surface area (Å²) in [6.45, 7) is 1.88. The maximum Gasteiger partial charge on any atom is 0.218 e. The fraction of sp³-hybridized carbons (Fsp3) is 0.200. The molecule has 0 radical (unpaired) electrons. The number of aryl methyl sites for hydroxylation is 1. The molecule has 0 spiro atoms. The lowest BCUT2D eigenvalue weighted by Gasteiger charge is -2.23. The number of carbonyl (C=O) groups is 1. The molecule has 2 rings (SSSR count). The van der Waals surface area contributed by atoms with E-state index in [9.17, 15) is 13.2 Å². The van der Waals surface area contributed by atoms with E-state index in [2.05, 4.69) is 0 Å². The van der Waals surface area contributed by atoms with Crippen LogP contribution in [0.25, 0.3) is 0 Å². The zero-order valence-electron chi connectivity index (χ0n) is 15.1. The Bertz CT molecular complexity index is 1030. The Morgan fingerprint density at radius 3 is 2.46 bits per heavy atom. The summed E-state index contributed by atoms with van der Waals surface area (Å²) >= 11 is 7.79. The van der Waals surface area contributed by atoms with Crippen molar-refractivity contribution in [3.63, 3.8) is 0 Å². The van der Waals surface area contributed by atoms with Crippen molar-refractivity contribution in [2.24, 2.45) is 0 Å². The number of hydrogen-bond acceptors (Lipinski definition) is 4. The second-order valence-electron chi connectivity index (χ2n) is 6.00. The molecule has 0 N–H and O–H groups in total. The third-order valence-corrected chi connectivity index (χ3v) is 6.71. The van der Waals surface area contributed by atoms with E-state index >= 15 is 0 Å². The van der Waals surface area contributed by atoms with Gasteiger partial charge in [-0.2, -0.15) is 5.26 Å². The number of allylic oxidation sites excluding steroid dienone is 1. The Hall–Kier alpha value is -1.89. The molecule has 0 aliphatic rings. The number of alkyl halides is 1. The molecule has 0 aliphatic carbocycles. The quantitative estimate of drug-likeness (QED) is 0.289. The second kappa shape index (κ2) is 10.0. The maximum absolute atomic E-state index is 12.9. The Morgan fingerprint density at radius 1 is 1.25 bits per heavy atom. The van der Waals surface area contributed by atoms with Gasteiger partial charge in [0.1, 0.15) is 0 Å². The average molecular weight is 529 g/mol. The van der Waals surface area contributed by atoms with Gasteiger partial charge in [-0.25, -0.2) is 8.42 Å². The molecule has 0 atom stereocenters. The van der Waals surface area contributed by atoms with Gasteiger partial charge in [0.25, 0.3) is 0 Å². The van der Waals surface area contributed by atoms with E-state index in [-0.39, 0.29) is 10.6 Å². The van der Waals surface area contributed by atoms with Crippen LogP contribution in [-0.2, 0) is 14.6 Å². The highest BCUT2D eigenvalue weighted by Crippen LogP contribution is 2.27. The molecule has 1 amide bonds. The van der Waals surface area contributed by atoms with E-state index in [4.69, 9.17) is 16.9 Å². The number of anilines is 1. The van der Waals surface area contributed by atoms with Crippen molar-refractivity contribution in [2.45, 2.75) is 18.2 Å². The summed E-state index contributed by atoms with van der Waals surface area (Å²) < 4.78 is 26.4. The molecule has 0 saturated carbocycles. The van der Waals surface area contributed by atoms with Crippen LogP contribution >= 0.6 is 34.2 Å². The first-order valence-corrected chi connectivity index (χ1v) is 11.6. The Balaban J connectivity index is 2.45. The number of nitriles is 1. The lowest BCUT2D eigenvalue weighted by molar-refractivity contribution is -0.107. The first kappa shape index (κ1) is 22.4. The summed E-state index contributed by atoms with van der Waals surface area (Å²) in [7, 11) is -3.66. The zero-order chi connectivity index (χ0) is 20.7. The van der Waals surface area contributed by atoms with Crippen molar-refractivity contribution < 1.29 is 13.2 Å². The van der Waals surface area contributed by atoms with Crippen molar-refractivity contribution in [3.8, 4) is 6.07 Å². The fourth-order valence-electron chi connectivity index (χ4n) is 2.52. The van der Waals surface area contributed by atoms with Crippen molar-refractivity contribution in [3.05, 3.63) is 68.9 Å². The lowest BCUT2D eigenvalue weighted by Crippen LogP contribution is -2.27.